The first kappa shape index (κ1) is 24.3. The maximum atomic E-state index is 13.4. The number of halogens is 3. The van der Waals surface area contributed by atoms with Crippen molar-refractivity contribution in [2.24, 2.45) is 0 Å². The number of nitrogens with zero attached hydrogens (tertiary/aromatic N) is 5. The van der Waals surface area contributed by atoms with Gasteiger partial charge in [0.05, 0.1) is 5.69 Å². The molecule has 0 radical (unpaired) electrons. The van der Waals surface area contributed by atoms with Crippen LogP contribution in [0.5, 0.6) is 0 Å². The number of amides is 3. The summed E-state index contributed by atoms with van der Waals surface area (Å²) in [4.78, 5) is 37.6. The first-order valence-corrected chi connectivity index (χ1v) is 11.7. The summed E-state index contributed by atoms with van der Waals surface area (Å²) in [5.41, 5.74) is -5.06. The van der Waals surface area contributed by atoms with E-state index in [0.717, 1.165) is 42.5 Å². The SMILES string of the molecule is CN1CCN(c2cc(CN3C(=O)N(c4ccccc4SC(F)(F)F)C(=O)C3(C)C)ccn2)CC1. The van der Waals surface area contributed by atoms with E-state index < -0.39 is 23.0 Å². The van der Waals surface area contributed by atoms with E-state index in [2.05, 4.69) is 21.8 Å². The van der Waals surface area contributed by atoms with E-state index in [1.807, 2.05) is 6.07 Å². The molecule has 3 amide bonds. The summed E-state index contributed by atoms with van der Waals surface area (Å²) >= 11 is -0.340. The molecule has 34 heavy (non-hydrogen) atoms. The third-order valence-corrected chi connectivity index (χ3v) is 6.93. The van der Waals surface area contributed by atoms with Crippen molar-refractivity contribution < 1.29 is 22.8 Å². The van der Waals surface area contributed by atoms with E-state index in [0.29, 0.717) is 0 Å². The number of rotatable bonds is 5. The highest BCUT2D eigenvalue weighted by Crippen LogP contribution is 2.44. The topological polar surface area (TPSA) is 60.0 Å². The van der Waals surface area contributed by atoms with E-state index in [4.69, 9.17) is 0 Å². The quantitative estimate of drug-likeness (QED) is 0.460. The molecule has 0 unspecified atom stereocenters. The van der Waals surface area contributed by atoms with Crippen molar-refractivity contribution in [2.75, 3.05) is 43.0 Å². The molecule has 3 heterocycles. The fraction of sp³-hybridized carbons (Fsp3) is 0.435. The summed E-state index contributed by atoms with van der Waals surface area (Å²) < 4.78 is 39.2. The second kappa shape index (κ2) is 9.10. The van der Waals surface area contributed by atoms with Gasteiger partial charge in [0, 0.05) is 43.8 Å². The Morgan fingerprint density at radius 3 is 2.41 bits per heavy atom. The molecule has 7 nitrogen and oxygen atoms in total. The van der Waals surface area contributed by atoms with Gasteiger partial charge in [-0.05, 0) is 62.5 Å². The number of pyridine rings is 1. The maximum absolute atomic E-state index is 13.4. The Balaban J connectivity index is 1.60. The number of likely N-dealkylation sites (N-methyl/N-ethyl adjacent to an activating group) is 1. The van der Waals surface area contributed by atoms with Crippen molar-refractivity contribution in [1.82, 2.24) is 14.8 Å². The van der Waals surface area contributed by atoms with E-state index in [1.165, 1.54) is 29.2 Å². The lowest BCUT2D eigenvalue weighted by Gasteiger charge is -2.33. The molecule has 0 N–H and O–H groups in total. The molecule has 1 aromatic carbocycles. The Morgan fingerprint density at radius 2 is 1.74 bits per heavy atom. The number of anilines is 2. The summed E-state index contributed by atoms with van der Waals surface area (Å²) in [5.74, 6) is 0.228. The van der Waals surface area contributed by atoms with Crippen LogP contribution < -0.4 is 9.80 Å². The minimum Gasteiger partial charge on any atom is -0.354 e. The van der Waals surface area contributed by atoms with Gasteiger partial charge in [-0.3, -0.25) is 4.79 Å². The molecule has 2 fully saturated rings. The summed E-state index contributed by atoms with van der Waals surface area (Å²) in [6.07, 6.45) is 1.67. The van der Waals surface area contributed by atoms with Crippen LogP contribution in [0, 0.1) is 0 Å². The molecule has 0 aliphatic carbocycles. The maximum Gasteiger partial charge on any atom is 0.446 e. The predicted octanol–water partition coefficient (Wildman–Crippen LogP) is 4.19. The summed E-state index contributed by atoms with van der Waals surface area (Å²) in [6, 6.07) is 8.61. The number of hydrogen-bond acceptors (Lipinski definition) is 6. The molecule has 2 aliphatic rings. The number of piperazine rings is 1. The van der Waals surface area contributed by atoms with Crippen molar-refractivity contribution in [3.8, 4) is 0 Å². The second-order valence-electron chi connectivity index (χ2n) is 8.90. The predicted molar refractivity (Wildman–Crippen MR) is 125 cm³/mol. The fourth-order valence-corrected chi connectivity index (χ4v) is 4.78. The van der Waals surface area contributed by atoms with Gasteiger partial charge in [0.25, 0.3) is 5.91 Å². The molecular formula is C23H26F3N5O2S. The Labute approximate surface area is 200 Å². The molecular weight excluding hydrogens is 467 g/mol. The molecule has 4 rings (SSSR count). The minimum absolute atomic E-state index is 0.0664. The molecule has 0 bridgehead atoms. The van der Waals surface area contributed by atoms with Gasteiger partial charge in [-0.15, -0.1) is 0 Å². The minimum atomic E-state index is -4.55. The van der Waals surface area contributed by atoms with Crippen LogP contribution in [0.1, 0.15) is 19.4 Å². The van der Waals surface area contributed by atoms with Crippen LogP contribution in [0.3, 0.4) is 0 Å². The molecule has 0 spiro atoms. The average molecular weight is 494 g/mol. The highest BCUT2D eigenvalue weighted by atomic mass is 32.2. The number of hydrogen-bond donors (Lipinski definition) is 0. The fourth-order valence-electron chi connectivity index (χ4n) is 4.12. The van der Waals surface area contributed by atoms with Crippen molar-refractivity contribution in [3.63, 3.8) is 0 Å². The normalized spacial score (nSPS) is 19.3. The molecule has 2 aromatic rings. The van der Waals surface area contributed by atoms with Gasteiger partial charge in [-0.1, -0.05) is 12.1 Å². The van der Waals surface area contributed by atoms with Crippen molar-refractivity contribution in [2.45, 2.75) is 36.3 Å². The van der Waals surface area contributed by atoms with Crippen LogP contribution >= 0.6 is 11.8 Å². The van der Waals surface area contributed by atoms with E-state index in [1.54, 1.807) is 26.1 Å². The number of alkyl halides is 3. The first-order valence-electron chi connectivity index (χ1n) is 10.9. The molecule has 0 saturated carbocycles. The molecule has 0 atom stereocenters. The molecule has 11 heteroatoms. The zero-order valence-electron chi connectivity index (χ0n) is 19.2. The van der Waals surface area contributed by atoms with Crippen molar-refractivity contribution in [1.29, 1.82) is 0 Å². The Morgan fingerprint density at radius 1 is 1.06 bits per heavy atom. The van der Waals surface area contributed by atoms with Crippen LogP contribution in [-0.4, -0.2) is 71.0 Å². The standard InChI is InChI=1S/C23H26F3N5O2S/c1-22(2)20(32)31(17-6-4-5-7-18(17)34-23(24,25)26)21(33)30(22)15-16-8-9-27-19(14-16)29-12-10-28(3)11-13-29/h4-9,14H,10-13,15H2,1-3H3. The zero-order chi connectivity index (χ0) is 24.7. The number of thioether (sulfide) groups is 1. The summed E-state index contributed by atoms with van der Waals surface area (Å²) in [7, 11) is 2.07. The Bertz CT molecular complexity index is 1090. The van der Waals surface area contributed by atoms with Crippen LogP contribution in [0.4, 0.5) is 29.5 Å². The van der Waals surface area contributed by atoms with Gasteiger partial charge in [0.1, 0.15) is 11.4 Å². The number of carbonyl (C=O) groups is 2. The van der Waals surface area contributed by atoms with Gasteiger partial charge in [-0.2, -0.15) is 13.2 Å². The van der Waals surface area contributed by atoms with E-state index in [-0.39, 0.29) is 28.9 Å². The number of benzene rings is 1. The van der Waals surface area contributed by atoms with Gasteiger partial charge in [0.15, 0.2) is 0 Å². The lowest BCUT2D eigenvalue weighted by atomic mass is 10.0. The highest BCUT2D eigenvalue weighted by Gasteiger charge is 2.52. The summed E-state index contributed by atoms with van der Waals surface area (Å²) in [6.45, 7) is 6.85. The number of carbonyl (C=O) groups excluding carboxylic acids is 2. The number of aromatic nitrogens is 1. The Kier molecular flexibility index (Phi) is 6.52. The van der Waals surface area contributed by atoms with Crippen molar-refractivity contribution >= 4 is 35.2 Å². The van der Waals surface area contributed by atoms with Gasteiger partial charge in [0.2, 0.25) is 0 Å². The number of imide groups is 1. The molecule has 2 aliphatic heterocycles. The van der Waals surface area contributed by atoms with E-state index in [9.17, 15) is 22.8 Å². The Hall–Kier alpha value is -2.79. The zero-order valence-corrected chi connectivity index (χ0v) is 20.0. The van der Waals surface area contributed by atoms with E-state index >= 15 is 0 Å². The lowest BCUT2D eigenvalue weighted by Crippen LogP contribution is -2.45. The smallest absolute Gasteiger partial charge is 0.354 e. The monoisotopic (exact) mass is 493 g/mol. The van der Waals surface area contributed by atoms with Crippen molar-refractivity contribution in [3.05, 3.63) is 48.2 Å². The van der Waals surface area contributed by atoms with Gasteiger partial charge < -0.3 is 14.7 Å². The third-order valence-electron chi connectivity index (χ3n) is 6.13. The van der Waals surface area contributed by atoms with Crippen LogP contribution in [0.2, 0.25) is 0 Å². The second-order valence-corrected chi connectivity index (χ2v) is 10.0. The average Bonchev–Trinajstić information content (AvgIpc) is 2.93. The van der Waals surface area contributed by atoms with Crippen LogP contribution in [0.25, 0.3) is 0 Å². The molecule has 2 saturated heterocycles. The summed E-state index contributed by atoms with van der Waals surface area (Å²) in [5, 5.41) is 0. The molecule has 182 valence electrons. The third kappa shape index (κ3) is 4.85. The largest absolute Gasteiger partial charge is 0.446 e. The van der Waals surface area contributed by atoms with Crippen LogP contribution in [-0.2, 0) is 11.3 Å². The first-order chi connectivity index (χ1) is 16.0. The highest BCUT2D eigenvalue weighted by molar-refractivity contribution is 8.00. The van der Waals surface area contributed by atoms with Gasteiger partial charge >= 0.3 is 11.5 Å². The number of para-hydroxylation sites is 1. The lowest BCUT2D eigenvalue weighted by molar-refractivity contribution is -0.123. The molecule has 1 aromatic heterocycles. The van der Waals surface area contributed by atoms with Crippen LogP contribution in [0.15, 0.2) is 47.5 Å². The number of urea groups is 1. The van der Waals surface area contributed by atoms with Gasteiger partial charge in [-0.25, -0.2) is 14.7 Å².